The predicted molar refractivity (Wildman–Crippen MR) is 39.1 cm³/mol. The van der Waals surface area contributed by atoms with Gasteiger partial charge in [-0.1, -0.05) is 0 Å². The van der Waals surface area contributed by atoms with Crippen LogP contribution in [0.25, 0.3) is 0 Å². The van der Waals surface area contributed by atoms with E-state index >= 15 is 0 Å². The van der Waals surface area contributed by atoms with Crippen LogP contribution in [0.3, 0.4) is 0 Å². The third-order valence-electron chi connectivity index (χ3n) is 1.40. The van der Waals surface area contributed by atoms with E-state index in [4.69, 9.17) is 7.98 Å². The van der Waals surface area contributed by atoms with Gasteiger partial charge in [-0.3, -0.25) is 4.79 Å². The number of nitrogens with zero attached hydrogens (tertiary/aromatic N) is 1. The molecular weight excluding hydrogens is 133 g/mol. The maximum Gasteiger partial charge on any atom is 0.232 e. The second-order valence-electron chi connectivity index (χ2n) is 2.12. The molecule has 0 aromatic heterocycles. The Labute approximate surface area is 60.4 Å². The molecule has 1 aliphatic rings. The molecule has 1 fully saturated rings. The highest BCUT2D eigenvalue weighted by atomic mass is 32.2. The monoisotopic (exact) mass is 141 g/mol. The summed E-state index contributed by atoms with van der Waals surface area (Å²) in [7, 11) is 5.38. The minimum absolute atomic E-state index is 0.0347. The second-order valence-corrected chi connectivity index (χ2v) is 3.78. The Morgan fingerprint density at radius 3 is 2.33 bits per heavy atom. The number of carbonyl (C=O) groups excluding carboxylic acids is 1. The van der Waals surface area contributed by atoms with Crippen LogP contribution in [0.4, 0.5) is 0 Å². The van der Waals surface area contributed by atoms with Crippen LogP contribution in [0.2, 0.25) is 0 Å². The molecule has 0 spiro atoms. The Bertz CT molecular complexity index is 141. The van der Waals surface area contributed by atoms with Crippen molar-refractivity contribution in [2.24, 2.45) is 0 Å². The normalized spacial score (nSPS) is 35.8. The Hall–Kier alpha value is -0.115. The molecule has 1 rings (SSSR count). The van der Waals surface area contributed by atoms with Gasteiger partial charge in [0, 0.05) is 0 Å². The van der Waals surface area contributed by atoms with Crippen molar-refractivity contribution in [3.05, 3.63) is 0 Å². The van der Waals surface area contributed by atoms with Crippen molar-refractivity contribution in [1.29, 1.82) is 0 Å². The van der Waals surface area contributed by atoms with Gasteiger partial charge in [-0.15, -0.1) is 11.8 Å². The predicted octanol–water partition coefficient (Wildman–Crippen LogP) is 0.380. The molecule has 0 aliphatic carbocycles. The molecule has 9 heavy (non-hydrogen) atoms. The van der Waals surface area contributed by atoms with Gasteiger partial charge in [-0.2, -0.15) is 0 Å². The number of carbonyl (C=O) groups is 1. The Morgan fingerprint density at radius 1 is 1.67 bits per heavy atom. The first-order chi connectivity index (χ1) is 4.13. The smallest absolute Gasteiger partial charge is 0.232 e. The van der Waals surface area contributed by atoms with Crippen molar-refractivity contribution in [3.63, 3.8) is 0 Å². The minimum Gasteiger partial charge on any atom is -0.385 e. The van der Waals surface area contributed by atoms with Crippen LogP contribution >= 0.6 is 11.8 Å². The molecule has 0 N–H and O–H groups in total. The van der Waals surface area contributed by atoms with Gasteiger partial charge >= 0.3 is 0 Å². The van der Waals surface area contributed by atoms with E-state index < -0.39 is 0 Å². The highest BCUT2D eigenvalue weighted by Crippen LogP contribution is 2.28. The van der Waals surface area contributed by atoms with E-state index in [0.717, 1.165) is 0 Å². The molecule has 4 heteroatoms. The van der Waals surface area contributed by atoms with Gasteiger partial charge in [0.2, 0.25) is 13.9 Å². The number of thioether (sulfide) groups is 1. The van der Waals surface area contributed by atoms with Gasteiger partial charge in [0.1, 0.15) is 0 Å². The Kier molecular flexibility index (Phi) is 1.75. The van der Waals surface area contributed by atoms with Gasteiger partial charge in [0.15, 0.2) is 0 Å². The van der Waals surface area contributed by atoms with Crippen LogP contribution in [-0.2, 0) is 4.79 Å². The fourth-order valence-corrected chi connectivity index (χ4v) is 1.87. The lowest BCUT2D eigenvalue weighted by Gasteiger charge is -2.12. The number of hydrogen-bond acceptors (Lipinski definition) is 2. The third-order valence-corrected chi connectivity index (χ3v) is 2.63. The lowest BCUT2D eigenvalue weighted by atomic mass is 10.2. The summed E-state index contributed by atoms with van der Waals surface area (Å²) in [5.41, 5.74) is 0. The van der Waals surface area contributed by atoms with Crippen molar-refractivity contribution < 1.29 is 4.79 Å². The first-order valence-corrected chi connectivity index (χ1v) is 3.80. The molecule has 1 heterocycles. The molecular formula is C5H8BNOS. The van der Waals surface area contributed by atoms with Gasteiger partial charge in [-0.05, 0) is 13.8 Å². The maximum atomic E-state index is 10.9. The van der Waals surface area contributed by atoms with Crippen LogP contribution in [0.1, 0.15) is 13.8 Å². The molecule has 2 atom stereocenters. The molecule has 0 aromatic rings. The van der Waals surface area contributed by atoms with E-state index in [0.29, 0.717) is 0 Å². The van der Waals surface area contributed by atoms with Crippen LogP contribution in [0.15, 0.2) is 0 Å². The standard InChI is InChI=1S/C5H8BNOS/c1-3-5(8)7(6)4(2)9-3/h3-4H,1-2H3. The molecule has 1 saturated heterocycles. The van der Waals surface area contributed by atoms with E-state index in [-0.39, 0.29) is 16.5 Å². The molecule has 0 bridgehead atoms. The Morgan fingerprint density at radius 2 is 2.22 bits per heavy atom. The molecule has 0 aromatic carbocycles. The Balaban J connectivity index is 2.65. The SMILES string of the molecule is [B]N1C(=O)C(C)SC1C. The van der Waals surface area contributed by atoms with Crippen LogP contribution in [0, 0.1) is 0 Å². The molecule has 2 radical (unpaired) electrons. The topological polar surface area (TPSA) is 20.3 Å². The fourth-order valence-electron chi connectivity index (χ4n) is 0.808. The first kappa shape index (κ1) is 7.00. The van der Waals surface area contributed by atoms with Gasteiger partial charge in [0.05, 0.1) is 10.6 Å². The first-order valence-electron chi connectivity index (χ1n) is 2.86. The van der Waals surface area contributed by atoms with Crippen LogP contribution < -0.4 is 0 Å². The summed E-state index contributed by atoms with van der Waals surface area (Å²) in [5.74, 6) is 0.0347. The summed E-state index contributed by atoms with van der Waals surface area (Å²) in [4.78, 5) is 12.2. The summed E-state index contributed by atoms with van der Waals surface area (Å²) in [6.45, 7) is 3.79. The van der Waals surface area contributed by atoms with Crippen LogP contribution in [-0.4, -0.2) is 29.3 Å². The summed E-state index contributed by atoms with van der Waals surface area (Å²) < 4.78 is 0. The van der Waals surface area contributed by atoms with Crippen molar-refractivity contribution in [2.75, 3.05) is 0 Å². The average Bonchev–Trinajstić information content (AvgIpc) is 1.98. The lowest BCUT2D eigenvalue weighted by Crippen LogP contribution is -2.29. The van der Waals surface area contributed by atoms with Gasteiger partial charge in [0.25, 0.3) is 0 Å². The molecule has 48 valence electrons. The fraction of sp³-hybridized carbons (Fsp3) is 0.800. The zero-order valence-electron chi connectivity index (χ0n) is 5.50. The van der Waals surface area contributed by atoms with E-state index in [9.17, 15) is 4.79 Å². The van der Waals surface area contributed by atoms with Crippen molar-refractivity contribution in [2.45, 2.75) is 24.5 Å². The van der Waals surface area contributed by atoms with Crippen molar-refractivity contribution in [1.82, 2.24) is 4.81 Å². The maximum absolute atomic E-state index is 10.9. The summed E-state index contributed by atoms with van der Waals surface area (Å²) in [6.07, 6.45) is 0. The van der Waals surface area contributed by atoms with Crippen molar-refractivity contribution >= 4 is 25.7 Å². The van der Waals surface area contributed by atoms with E-state index in [1.165, 1.54) is 4.81 Å². The van der Waals surface area contributed by atoms with E-state index in [2.05, 4.69) is 0 Å². The summed E-state index contributed by atoms with van der Waals surface area (Å²) in [6, 6.07) is 0. The molecule has 1 aliphatic heterocycles. The number of hydrogen-bond donors (Lipinski definition) is 0. The number of rotatable bonds is 0. The summed E-state index contributed by atoms with van der Waals surface area (Å²) in [5, 5.41) is 0.192. The number of amides is 1. The zero-order chi connectivity index (χ0) is 7.02. The summed E-state index contributed by atoms with van der Waals surface area (Å²) >= 11 is 1.59. The van der Waals surface area contributed by atoms with Crippen molar-refractivity contribution in [3.8, 4) is 0 Å². The zero-order valence-corrected chi connectivity index (χ0v) is 6.31. The highest BCUT2D eigenvalue weighted by Gasteiger charge is 2.30. The van der Waals surface area contributed by atoms with E-state index in [1.807, 2.05) is 13.8 Å². The lowest BCUT2D eigenvalue weighted by molar-refractivity contribution is -0.125. The van der Waals surface area contributed by atoms with Gasteiger partial charge in [-0.25, -0.2) is 0 Å². The molecule has 1 amide bonds. The van der Waals surface area contributed by atoms with Gasteiger partial charge < -0.3 is 4.81 Å². The molecule has 2 unspecified atom stereocenters. The quantitative estimate of drug-likeness (QED) is 0.454. The minimum atomic E-state index is 0.0347. The highest BCUT2D eigenvalue weighted by molar-refractivity contribution is 8.01. The van der Waals surface area contributed by atoms with Crippen LogP contribution in [0.5, 0.6) is 0 Å². The van der Waals surface area contributed by atoms with E-state index in [1.54, 1.807) is 11.8 Å². The average molecular weight is 141 g/mol. The largest absolute Gasteiger partial charge is 0.385 e. The second kappa shape index (κ2) is 2.25. The third kappa shape index (κ3) is 1.08. The molecule has 0 saturated carbocycles. The molecule has 2 nitrogen and oxygen atoms in total.